The third kappa shape index (κ3) is 3.98. The lowest BCUT2D eigenvalue weighted by Gasteiger charge is -2.10. The van der Waals surface area contributed by atoms with Crippen LogP contribution in [0.4, 0.5) is 0 Å². The normalized spacial score (nSPS) is 11.2. The zero-order valence-corrected chi connectivity index (χ0v) is 18.0. The standard InChI is InChI=1S/C25H22N4O4/c1-2-32-18-9-7-17(8-10-18)15-27-24(30)22-12-11-19(33-22)16-29-23-20(5-3-13-26-23)28-14-4-6-21(28)25(29)31/h3-14H,2,15-16H2,1H3,(H,27,30). The van der Waals surface area contributed by atoms with Crippen LogP contribution in [0, 0.1) is 0 Å². The van der Waals surface area contributed by atoms with E-state index < -0.39 is 0 Å². The van der Waals surface area contributed by atoms with Gasteiger partial charge in [0.1, 0.15) is 17.0 Å². The topological polar surface area (TPSA) is 90.8 Å². The van der Waals surface area contributed by atoms with E-state index in [0.29, 0.717) is 30.1 Å². The van der Waals surface area contributed by atoms with E-state index in [1.807, 2.05) is 60.0 Å². The molecule has 8 heteroatoms. The van der Waals surface area contributed by atoms with E-state index in [1.54, 1.807) is 29.0 Å². The molecule has 1 amide bonds. The number of amides is 1. The number of nitrogens with zero attached hydrogens (tertiary/aromatic N) is 3. The third-order valence-corrected chi connectivity index (χ3v) is 5.38. The Kier molecular flexibility index (Phi) is 5.40. The predicted molar refractivity (Wildman–Crippen MR) is 124 cm³/mol. The van der Waals surface area contributed by atoms with Crippen LogP contribution in [0.2, 0.25) is 0 Å². The Bertz CT molecular complexity index is 1490. The first-order chi connectivity index (χ1) is 16.1. The van der Waals surface area contributed by atoms with Gasteiger partial charge in [-0.05, 0) is 61.0 Å². The summed E-state index contributed by atoms with van der Waals surface area (Å²) in [6.07, 6.45) is 3.49. The van der Waals surface area contributed by atoms with Crippen molar-refractivity contribution in [3.05, 3.63) is 100 Å². The van der Waals surface area contributed by atoms with Crippen molar-refractivity contribution in [3.63, 3.8) is 0 Å². The highest BCUT2D eigenvalue weighted by Crippen LogP contribution is 2.16. The Morgan fingerprint density at radius 1 is 1.06 bits per heavy atom. The van der Waals surface area contributed by atoms with Gasteiger partial charge in [-0.2, -0.15) is 0 Å². The number of carbonyl (C=O) groups is 1. The quantitative estimate of drug-likeness (QED) is 0.416. The molecule has 166 valence electrons. The second-order valence-electron chi connectivity index (χ2n) is 7.53. The van der Waals surface area contributed by atoms with Crippen molar-refractivity contribution in [2.75, 3.05) is 6.61 Å². The molecule has 0 aliphatic heterocycles. The number of carbonyl (C=O) groups excluding carboxylic acids is 1. The monoisotopic (exact) mass is 442 g/mol. The maximum atomic E-state index is 13.0. The molecule has 0 aliphatic carbocycles. The van der Waals surface area contributed by atoms with Crippen LogP contribution in [0.5, 0.6) is 5.75 Å². The molecule has 0 saturated heterocycles. The molecule has 1 aromatic carbocycles. The second-order valence-corrected chi connectivity index (χ2v) is 7.53. The fourth-order valence-electron chi connectivity index (χ4n) is 3.81. The zero-order valence-electron chi connectivity index (χ0n) is 18.0. The van der Waals surface area contributed by atoms with Gasteiger partial charge in [-0.15, -0.1) is 0 Å². The van der Waals surface area contributed by atoms with Crippen molar-refractivity contribution in [1.29, 1.82) is 0 Å². The van der Waals surface area contributed by atoms with Gasteiger partial charge in [0, 0.05) is 18.9 Å². The second kappa shape index (κ2) is 8.66. The molecule has 4 aromatic heterocycles. The summed E-state index contributed by atoms with van der Waals surface area (Å²) in [7, 11) is 0. The summed E-state index contributed by atoms with van der Waals surface area (Å²) in [6.45, 7) is 3.06. The van der Waals surface area contributed by atoms with Crippen LogP contribution in [-0.4, -0.2) is 26.5 Å². The van der Waals surface area contributed by atoms with Gasteiger partial charge < -0.3 is 18.9 Å². The minimum absolute atomic E-state index is 0.167. The van der Waals surface area contributed by atoms with Crippen LogP contribution in [0.15, 0.2) is 82.3 Å². The molecule has 0 aliphatic rings. The minimum Gasteiger partial charge on any atom is -0.494 e. The molecule has 4 heterocycles. The molecule has 0 spiro atoms. The van der Waals surface area contributed by atoms with Crippen molar-refractivity contribution in [1.82, 2.24) is 19.3 Å². The first-order valence-corrected chi connectivity index (χ1v) is 10.7. The smallest absolute Gasteiger partial charge is 0.287 e. The predicted octanol–water partition coefficient (Wildman–Crippen LogP) is 3.62. The van der Waals surface area contributed by atoms with Gasteiger partial charge in [0.25, 0.3) is 11.5 Å². The van der Waals surface area contributed by atoms with Gasteiger partial charge >= 0.3 is 0 Å². The number of ether oxygens (including phenoxy) is 1. The number of pyridine rings is 1. The van der Waals surface area contributed by atoms with Crippen molar-refractivity contribution < 1.29 is 13.9 Å². The summed E-state index contributed by atoms with van der Waals surface area (Å²) in [4.78, 5) is 30.0. The summed E-state index contributed by atoms with van der Waals surface area (Å²) < 4.78 is 14.6. The highest BCUT2D eigenvalue weighted by atomic mass is 16.5. The van der Waals surface area contributed by atoms with Crippen LogP contribution < -0.4 is 15.6 Å². The van der Waals surface area contributed by atoms with Crippen LogP contribution in [0.3, 0.4) is 0 Å². The van der Waals surface area contributed by atoms with Crippen molar-refractivity contribution in [2.45, 2.75) is 20.0 Å². The van der Waals surface area contributed by atoms with Gasteiger partial charge in [-0.1, -0.05) is 12.1 Å². The first kappa shape index (κ1) is 20.6. The Morgan fingerprint density at radius 2 is 1.88 bits per heavy atom. The molecule has 0 unspecified atom stereocenters. The summed E-state index contributed by atoms with van der Waals surface area (Å²) in [5, 5.41) is 2.85. The Morgan fingerprint density at radius 3 is 2.70 bits per heavy atom. The largest absolute Gasteiger partial charge is 0.494 e. The molecule has 0 saturated carbocycles. The van der Waals surface area contributed by atoms with Crippen molar-refractivity contribution >= 4 is 22.6 Å². The van der Waals surface area contributed by atoms with E-state index in [1.165, 1.54) is 0 Å². The molecule has 0 fully saturated rings. The summed E-state index contributed by atoms with van der Waals surface area (Å²) in [5.74, 6) is 1.14. The minimum atomic E-state index is -0.326. The zero-order chi connectivity index (χ0) is 22.8. The van der Waals surface area contributed by atoms with E-state index in [2.05, 4.69) is 10.3 Å². The van der Waals surface area contributed by atoms with Crippen LogP contribution >= 0.6 is 0 Å². The average molecular weight is 442 g/mol. The number of nitrogens with one attached hydrogen (secondary N) is 1. The highest BCUT2D eigenvalue weighted by molar-refractivity contribution is 5.91. The van der Waals surface area contributed by atoms with Crippen molar-refractivity contribution in [2.24, 2.45) is 0 Å². The Labute approximate surface area is 189 Å². The van der Waals surface area contributed by atoms with E-state index in [-0.39, 0.29) is 23.8 Å². The molecule has 0 bridgehead atoms. The lowest BCUT2D eigenvalue weighted by molar-refractivity contribution is 0.0921. The summed E-state index contributed by atoms with van der Waals surface area (Å²) in [5.41, 5.74) is 2.68. The fourth-order valence-corrected chi connectivity index (χ4v) is 3.81. The molecule has 1 N–H and O–H groups in total. The maximum Gasteiger partial charge on any atom is 0.287 e. The average Bonchev–Trinajstić information content (AvgIpc) is 3.52. The Balaban J connectivity index is 1.34. The number of rotatable bonds is 7. The van der Waals surface area contributed by atoms with Gasteiger partial charge in [0.2, 0.25) is 0 Å². The van der Waals surface area contributed by atoms with Crippen LogP contribution in [-0.2, 0) is 13.1 Å². The summed E-state index contributed by atoms with van der Waals surface area (Å²) in [6, 6.07) is 18.2. The number of hydrogen-bond donors (Lipinski definition) is 1. The van der Waals surface area contributed by atoms with Gasteiger partial charge in [-0.3, -0.25) is 14.2 Å². The lowest BCUT2D eigenvalue weighted by atomic mass is 10.2. The summed E-state index contributed by atoms with van der Waals surface area (Å²) >= 11 is 0. The SMILES string of the molecule is CCOc1ccc(CNC(=O)c2ccc(Cn3c(=O)c4cccn4c4cccnc43)o2)cc1. The molecule has 5 aromatic rings. The first-order valence-electron chi connectivity index (χ1n) is 10.7. The lowest BCUT2D eigenvalue weighted by Crippen LogP contribution is -2.24. The third-order valence-electron chi connectivity index (χ3n) is 5.38. The number of furan rings is 1. The number of hydrogen-bond acceptors (Lipinski definition) is 5. The highest BCUT2D eigenvalue weighted by Gasteiger charge is 2.15. The van der Waals surface area contributed by atoms with Gasteiger partial charge in [-0.25, -0.2) is 4.98 Å². The maximum absolute atomic E-state index is 13.0. The number of fused-ring (bicyclic) bond motifs is 3. The van der Waals surface area contributed by atoms with Gasteiger partial charge in [0.05, 0.1) is 18.7 Å². The Hall–Kier alpha value is -4.33. The molecule has 33 heavy (non-hydrogen) atoms. The fraction of sp³-hybridized carbons (Fsp3) is 0.160. The molecule has 0 atom stereocenters. The van der Waals surface area contributed by atoms with Crippen LogP contribution in [0.25, 0.3) is 16.7 Å². The molecule has 0 radical (unpaired) electrons. The van der Waals surface area contributed by atoms with Crippen molar-refractivity contribution in [3.8, 4) is 5.75 Å². The van der Waals surface area contributed by atoms with E-state index >= 15 is 0 Å². The van der Waals surface area contributed by atoms with Crippen LogP contribution in [0.1, 0.15) is 28.8 Å². The van der Waals surface area contributed by atoms with E-state index in [4.69, 9.17) is 9.15 Å². The van der Waals surface area contributed by atoms with E-state index in [0.717, 1.165) is 16.8 Å². The molecular weight excluding hydrogens is 420 g/mol. The molecular formula is C25H22N4O4. The molecule has 5 rings (SSSR count). The van der Waals surface area contributed by atoms with Gasteiger partial charge in [0.15, 0.2) is 11.4 Å². The number of benzene rings is 1. The number of aromatic nitrogens is 3. The van der Waals surface area contributed by atoms with E-state index in [9.17, 15) is 9.59 Å². The molecule has 8 nitrogen and oxygen atoms in total.